The summed E-state index contributed by atoms with van der Waals surface area (Å²) in [6.07, 6.45) is -1.58. The fraction of sp³-hybridized carbons (Fsp3) is 0.308. The number of carbonyl (C=O) groups is 3. The van der Waals surface area contributed by atoms with Crippen LogP contribution in [0.2, 0.25) is 0 Å². The first-order valence-corrected chi connectivity index (χ1v) is 6.22. The van der Waals surface area contributed by atoms with E-state index in [9.17, 15) is 14.4 Å². The smallest absolute Gasteiger partial charge is 0.332 e. The van der Waals surface area contributed by atoms with Crippen molar-refractivity contribution in [1.82, 2.24) is 5.32 Å². The van der Waals surface area contributed by atoms with Gasteiger partial charge in [0, 0.05) is 31.3 Å². The molecule has 1 atom stereocenters. The predicted molar refractivity (Wildman–Crippen MR) is 76.0 cm³/mol. The van der Waals surface area contributed by atoms with E-state index in [2.05, 4.69) is 16.0 Å². The molecule has 0 saturated carbocycles. The number of carboxylic acids is 1. The summed E-state index contributed by atoms with van der Waals surface area (Å²) in [5.74, 6) is -1.52. The van der Waals surface area contributed by atoms with Crippen LogP contribution in [0.5, 0.6) is 0 Å². The second-order valence-electron chi connectivity index (χ2n) is 4.28. The zero-order chi connectivity index (χ0) is 15.8. The molecule has 0 heterocycles. The Morgan fingerprint density at radius 2 is 1.62 bits per heavy atom. The van der Waals surface area contributed by atoms with Crippen molar-refractivity contribution in [1.29, 1.82) is 0 Å². The molecule has 5 N–H and O–H groups in total. The fourth-order valence-corrected chi connectivity index (χ4v) is 1.46. The summed E-state index contributed by atoms with van der Waals surface area (Å²) < 4.78 is 0. The number of carbonyl (C=O) groups excluding carboxylic acids is 2. The Hall–Kier alpha value is -2.61. The second-order valence-corrected chi connectivity index (χ2v) is 4.28. The Kier molecular flexibility index (Phi) is 6.15. The number of urea groups is 1. The number of nitrogens with one attached hydrogen (secondary N) is 3. The Bertz CT molecular complexity index is 515. The highest BCUT2D eigenvalue weighted by atomic mass is 16.4. The molecule has 1 rings (SSSR count). The largest absolute Gasteiger partial charge is 0.479 e. The zero-order valence-electron chi connectivity index (χ0n) is 11.4. The Balaban J connectivity index is 2.37. The number of rotatable bonds is 6. The van der Waals surface area contributed by atoms with Crippen molar-refractivity contribution < 1.29 is 24.6 Å². The number of benzene rings is 1. The molecule has 0 aliphatic carbocycles. The maximum absolute atomic E-state index is 11.5. The molecule has 1 aromatic carbocycles. The first kappa shape index (κ1) is 16.4. The lowest BCUT2D eigenvalue weighted by Gasteiger charge is -2.09. The molecular weight excluding hydrogens is 278 g/mol. The maximum Gasteiger partial charge on any atom is 0.332 e. The van der Waals surface area contributed by atoms with Gasteiger partial charge in [-0.2, -0.15) is 0 Å². The van der Waals surface area contributed by atoms with E-state index in [1.54, 1.807) is 24.3 Å². The van der Waals surface area contributed by atoms with Crippen molar-refractivity contribution in [3.05, 3.63) is 24.3 Å². The molecule has 3 amide bonds. The van der Waals surface area contributed by atoms with Crippen LogP contribution in [0.3, 0.4) is 0 Å². The summed E-state index contributed by atoms with van der Waals surface area (Å²) in [6, 6.07) is 5.96. The lowest BCUT2D eigenvalue weighted by Crippen LogP contribution is -2.33. The topological polar surface area (TPSA) is 128 Å². The van der Waals surface area contributed by atoms with Crippen molar-refractivity contribution in [3.63, 3.8) is 0 Å². The van der Waals surface area contributed by atoms with Gasteiger partial charge < -0.3 is 26.2 Å². The molecule has 0 aromatic heterocycles. The highest BCUT2D eigenvalue weighted by Gasteiger charge is 2.12. The van der Waals surface area contributed by atoms with Crippen molar-refractivity contribution in [2.24, 2.45) is 0 Å². The van der Waals surface area contributed by atoms with E-state index in [1.807, 2.05) is 0 Å². The van der Waals surface area contributed by atoms with E-state index in [0.717, 1.165) is 0 Å². The Morgan fingerprint density at radius 3 is 2.10 bits per heavy atom. The summed E-state index contributed by atoms with van der Waals surface area (Å²) >= 11 is 0. The molecule has 0 radical (unpaired) electrons. The molecule has 0 aliphatic rings. The van der Waals surface area contributed by atoms with Crippen LogP contribution in [0.4, 0.5) is 16.2 Å². The summed E-state index contributed by atoms with van der Waals surface area (Å²) in [5.41, 5.74) is 1.12. The minimum atomic E-state index is -1.50. The van der Waals surface area contributed by atoms with Gasteiger partial charge in [0.05, 0.1) is 0 Å². The number of aliphatic hydroxyl groups is 1. The number of aliphatic hydroxyl groups excluding tert-OH is 1. The lowest BCUT2D eigenvalue weighted by molar-refractivity contribution is -0.146. The molecule has 0 unspecified atom stereocenters. The molecule has 0 aliphatic heterocycles. The quantitative estimate of drug-likeness (QED) is 0.525. The van der Waals surface area contributed by atoms with E-state index >= 15 is 0 Å². The fourth-order valence-electron chi connectivity index (χ4n) is 1.46. The highest BCUT2D eigenvalue weighted by molar-refractivity contribution is 5.91. The Morgan fingerprint density at radius 1 is 1.10 bits per heavy atom. The first-order valence-electron chi connectivity index (χ1n) is 6.22. The van der Waals surface area contributed by atoms with Gasteiger partial charge in [0.25, 0.3) is 0 Å². The van der Waals surface area contributed by atoms with Crippen LogP contribution in [-0.4, -0.2) is 40.8 Å². The average molecular weight is 295 g/mol. The third-order valence-electron chi connectivity index (χ3n) is 2.45. The molecule has 8 nitrogen and oxygen atoms in total. The van der Waals surface area contributed by atoms with Crippen LogP contribution in [0.1, 0.15) is 13.3 Å². The van der Waals surface area contributed by atoms with Crippen molar-refractivity contribution >= 4 is 29.3 Å². The molecule has 0 saturated heterocycles. The number of amides is 3. The number of hydrogen-bond donors (Lipinski definition) is 5. The monoisotopic (exact) mass is 295 g/mol. The number of carboxylic acid groups (broad SMARTS) is 1. The first-order chi connectivity index (χ1) is 9.88. The summed E-state index contributed by atoms with van der Waals surface area (Å²) in [6.45, 7) is 1.43. The van der Waals surface area contributed by atoms with Gasteiger partial charge in [0.2, 0.25) is 5.91 Å². The normalized spacial score (nSPS) is 11.3. The summed E-state index contributed by atoms with van der Waals surface area (Å²) in [7, 11) is 0. The minimum Gasteiger partial charge on any atom is -0.479 e. The third kappa shape index (κ3) is 6.39. The van der Waals surface area contributed by atoms with Gasteiger partial charge in [0.15, 0.2) is 6.10 Å². The van der Waals surface area contributed by atoms with Crippen molar-refractivity contribution in [2.75, 3.05) is 17.2 Å². The van der Waals surface area contributed by atoms with Gasteiger partial charge >= 0.3 is 12.0 Å². The molecule has 21 heavy (non-hydrogen) atoms. The number of anilines is 2. The lowest BCUT2D eigenvalue weighted by atomic mass is 10.2. The molecule has 114 valence electrons. The van der Waals surface area contributed by atoms with Gasteiger partial charge in [-0.15, -0.1) is 0 Å². The maximum atomic E-state index is 11.5. The molecule has 8 heteroatoms. The summed E-state index contributed by atoms with van der Waals surface area (Å²) in [4.78, 5) is 32.7. The van der Waals surface area contributed by atoms with Crippen LogP contribution in [0, 0.1) is 0 Å². The summed E-state index contributed by atoms with van der Waals surface area (Å²) in [5, 5.41) is 25.0. The average Bonchev–Trinajstić information content (AvgIpc) is 2.40. The third-order valence-corrected chi connectivity index (χ3v) is 2.45. The van der Waals surface area contributed by atoms with Crippen molar-refractivity contribution in [3.8, 4) is 0 Å². The van der Waals surface area contributed by atoms with E-state index in [-0.39, 0.29) is 18.9 Å². The van der Waals surface area contributed by atoms with E-state index in [0.29, 0.717) is 11.4 Å². The minimum absolute atomic E-state index is 0.0310. The van der Waals surface area contributed by atoms with Gasteiger partial charge in [-0.1, -0.05) is 0 Å². The predicted octanol–water partition coefficient (Wildman–Crippen LogP) is 0.602. The van der Waals surface area contributed by atoms with Gasteiger partial charge in [0.1, 0.15) is 0 Å². The molecule has 0 fully saturated rings. The number of hydrogen-bond acceptors (Lipinski definition) is 4. The molecule has 0 bridgehead atoms. The number of aliphatic carboxylic acids is 1. The van der Waals surface area contributed by atoms with Gasteiger partial charge in [-0.25, -0.2) is 9.59 Å². The van der Waals surface area contributed by atoms with Crippen LogP contribution in [0.25, 0.3) is 0 Å². The highest BCUT2D eigenvalue weighted by Crippen LogP contribution is 2.13. The molecular formula is C13H17N3O5. The van der Waals surface area contributed by atoms with Crippen LogP contribution in [0.15, 0.2) is 24.3 Å². The van der Waals surface area contributed by atoms with Crippen LogP contribution < -0.4 is 16.0 Å². The molecule has 0 spiro atoms. The van der Waals surface area contributed by atoms with E-state index in [4.69, 9.17) is 10.2 Å². The second kappa shape index (κ2) is 7.85. The molecule has 1 aromatic rings. The van der Waals surface area contributed by atoms with E-state index < -0.39 is 18.1 Å². The van der Waals surface area contributed by atoms with Crippen molar-refractivity contribution in [2.45, 2.75) is 19.4 Å². The SMILES string of the molecule is CC(=O)Nc1ccc(NC(=O)NCC[C@H](O)C(=O)O)cc1. The Labute approximate surface area is 121 Å². The van der Waals surface area contributed by atoms with Crippen LogP contribution in [-0.2, 0) is 9.59 Å². The van der Waals surface area contributed by atoms with Crippen LogP contribution >= 0.6 is 0 Å². The zero-order valence-corrected chi connectivity index (χ0v) is 11.4. The standard InChI is InChI=1S/C13H17N3O5/c1-8(17)15-9-2-4-10(5-3-9)16-13(21)14-7-6-11(18)12(19)20/h2-5,11,18H,6-7H2,1H3,(H,15,17)(H,19,20)(H2,14,16,21)/t11-/m0/s1. The van der Waals surface area contributed by atoms with Gasteiger partial charge in [-0.3, -0.25) is 4.79 Å². The van der Waals surface area contributed by atoms with Gasteiger partial charge in [-0.05, 0) is 24.3 Å². The van der Waals surface area contributed by atoms with E-state index in [1.165, 1.54) is 6.92 Å².